The quantitative estimate of drug-likeness (QED) is 0.843. The second-order valence-corrected chi connectivity index (χ2v) is 4.92. The molecule has 94 valence electrons. The van der Waals surface area contributed by atoms with Gasteiger partial charge in [-0.05, 0) is 30.9 Å². The van der Waals surface area contributed by atoms with Crippen LogP contribution in [0.3, 0.4) is 0 Å². The van der Waals surface area contributed by atoms with Gasteiger partial charge in [-0.25, -0.2) is 4.39 Å². The van der Waals surface area contributed by atoms with Gasteiger partial charge in [0.1, 0.15) is 5.82 Å². The highest BCUT2D eigenvalue weighted by Gasteiger charge is 2.41. The van der Waals surface area contributed by atoms with Crippen LogP contribution < -0.4 is 5.32 Å². The van der Waals surface area contributed by atoms with Crippen LogP contribution in [0.4, 0.5) is 10.1 Å². The SMILES string of the molecule is CCC1CCCC1(CO)Nc1ccccc1F. The van der Waals surface area contributed by atoms with E-state index in [2.05, 4.69) is 12.2 Å². The third-order valence-corrected chi connectivity index (χ3v) is 3.99. The van der Waals surface area contributed by atoms with Gasteiger partial charge in [0, 0.05) is 0 Å². The second-order valence-electron chi connectivity index (χ2n) is 4.92. The van der Waals surface area contributed by atoms with Gasteiger partial charge in [0.15, 0.2) is 0 Å². The molecule has 0 amide bonds. The van der Waals surface area contributed by atoms with Crippen molar-refractivity contribution in [3.63, 3.8) is 0 Å². The molecule has 1 aliphatic carbocycles. The van der Waals surface area contributed by atoms with E-state index in [1.165, 1.54) is 6.07 Å². The van der Waals surface area contributed by atoms with E-state index in [0.717, 1.165) is 25.7 Å². The monoisotopic (exact) mass is 237 g/mol. The van der Waals surface area contributed by atoms with E-state index in [-0.39, 0.29) is 18.0 Å². The first kappa shape index (κ1) is 12.4. The van der Waals surface area contributed by atoms with E-state index in [4.69, 9.17) is 0 Å². The van der Waals surface area contributed by atoms with Crippen molar-refractivity contribution in [2.75, 3.05) is 11.9 Å². The Morgan fingerprint density at radius 3 is 2.88 bits per heavy atom. The van der Waals surface area contributed by atoms with Crippen molar-refractivity contribution in [3.05, 3.63) is 30.1 Å². The molecule has 2 rings (SSSR count). The molecule has 1 aromatic carbocycles. The van der Waals surface area contributed by atoms with Crippen molar-refractivity contribution in [2.45, 2.75) is 38.1 Å². The van der Waals surface area contributed by atoms with Crippen LogP contribution in [-0.2, 0) is 0 Å². The molecule has 2 unspecified atom stereocenters. The molecule has 1 aliphatic rings. The standard InChI is InChI=1S/C14H20FNO/c1-2-11-6-5-9-14(11,10-17)16-13-8-4-3-7-12(13)15/h3-4,7-8,11,16-17H,2,5-6,9-10H2,1H3. The molecule has 0 spiro atoms. The van der Waals surface area contributed by atoms with E-state index in [1.807, 2.05) is 6.07 Å². The van der Waals surface area contributed by atoms with Crippen LogP contribution in [0, 0.1) is 11.7 Å². The van der Waals surface area contributed by atoms with Crippen LogP contribution in [0.5, 0.6) is 0 Å². The van der Waals surface area contributed by atoms with Crippen LogP contribution in [0.2, 0.25) is 0 Å². The molecule has 1 aromatic rings. The summed E-state index contributed by atoms with van der Waals surface area (Å²) in [5.41, 5.74) is 0.165. The zero-order valence-corrected chi connectivity index (χ0v) is 10.2. The lowest BCUT2D eigenvalue weighted by Gasteiger charge is -2.35. The highest BCUT2D eigenvalue weighted by Crippen LogP contribution is 2.40. The molecular formula is C14H20FNO. The Hall–Kier alpha value is -1.09. The van der Waals surface area contributed by atoms with Crippen LogP contribution in [0.1, 0.15) is 32.6 Å². The van der Waals surface area contributed by atoms with Crippen molar-refractivity contribution >= 4 is 5.69 Å². The number of aliphatic hydroxyl groups is 1. The summed E-state index contributed by atoms with van der Waals surface area (Å²) in [6, 6.07) is 6.67. The van der Waals surface area contributed by atoms with E-state index >= 15 is 0 Å². The fourth-order valence-corrected chi connectivity index (χ4v) is 2.98. The molecule has 0 saturated heterocycles. The molecular weight excluding hydrogens is 217 g/mol. The van der Waals surface area contributed by atoms with E-state index < -0.39 is 0 Å². The van der Waals surface area contributed by atoms with E-state index in [0.29, 0.717) is 11.6 Å². The average molecular weight is 237 g/mol. The lowest BCUT2D eigenvalue weighted by molar-refractivity contribution is 0.174. The maximum absolute atomic E-state index is 13.6. The summed E-state index contributed by atoms with van der Waals surface area (Å²) in [7, 11) is 0. The molecule has 0 radical (unpaired) electrons. The summed E-state index contributed by atoms with van der Waals surface area (Å²) < 4.78 is 13.6. The molecule has 0 bridgehead atoms. The summed E-state index contributed by atoms with van der Waals surface area (Å²) >= 11 is 0. The highest BCUT2D eigenvalue weighted by atomic mass is 19.1. The molecule has 0 aliphatic heterocycles. The van der Waals surface area contributed by atoms with Crippen LogP contribution in [0.15, 0.2) is 24.3 Å². The van der Waals surface area contributed by atoms with Crippen molar-refractivity contribution in [1.29, 1.82) is 0 Å². The summed E-state index contributed by atoms with van der Waals surface area (Å²) in [5, 5.41) is 12.9. The zero-order chi connectivity index (χ0) is 12.3. The first-order valence-electron chi connectivity index (χ1n) is 6.35. The van der Waals surface area contributed by atoms with Crippen LogP contribution in [-0.4, -0.2) is 17.3 Å². The summed E-state index contributed by atoms with van der Waals surface area (Å²) in [4.78, 5) is 0. The summed E-state index contributed by atoms with van der Waals surface area (Å²) in [6.07, 6.45) is 4.14. The fourth-order valence-electron chi connectivity index (χ4n) is 2.98. The number of hydrogen-bond donors (Lipinski definition) is 2. The molecule has 2 N–H and O–H groups in total. The first-order valence-corrected chi connectivity index (χ1v) is 6.35. The number of para-hydroxylation sites is 1. The van der Waals surface area contributed by atoms with E-state index in [1.54, 1.807) is 12.1 Å². The second kappa shape index (κ2) is 5.05. The van der Waals surface area contributed by atoms with Gasteiger partial charge in [0.25, 0.3) is 0 Å². The minimum Gasteiger partial charge on any atom is -0.394 e. The minimum atomic E-state index is -0.336. The third-order valence-electron chi connectivity index (χ3n) is 3.99. The summed E-state index contributed by atoms with van der Waals surface area (Å²) in [6.45, 7) is 2.20. The Balaban J connectivity index is 2.23. The van der Waals surface area contributed by atoms with Gasteiger partial charge >= 0.3 is 0 Å². The van der Waals surface area contributed by atoms with Gasteiger partial charge in [-0.3, -0.25) is 0 Å². The van der Waals surface area contributed by atoms with Crippen molar-refractivity contribution < 1.29 is 9.50 Å². The maximum atomic E-state index is 13.6. The predicted octanol–water partition coefficient (Wildman–Crippen LogP) is 3.18. The smallest absolute Gasteiger partial charge is 0.146 e. The van der Waals surface area contributed by atoms with Crippen molar-refractivity contribution in [1.82, 2.24) is 0 Å². The molecule has 1 saturated carbocycles. The molecule has 1 fully saturated rings. The number of rotatable bonds is 4. The molecule has 2 atom stereocenters. The molecule has 0 aromatic heterocycles. The fraction of sp³-hybridized carbons (Fsp3) is 0.571. The third kappa shape index (κ3) is 2.29. The normalized spacial score (nSPS) is 28.3. The van der Waals surface area contributed by atoms with Gasteiger partial charge in [-0.1, -0.05) is 31.9 Å². The number of benzene rings is 1. The number of aliphatic hydroxyl groups excluding tert-OH is 1. The lowest BCUT2D eigenvalue weighted by atomic mass is 9.85. The van der Waals surface area contributed by atoms with Gasteiger partial charge < -0.3 is 10.4 Å². The van der Waals surface area contributed by atoms with Crippen LogP contribution in [0.25, 0.3) is 0 Å². The topological polar surface area (TPSA) is 32.3 Å². The largest absolute Gasteiger partial charge is 0.394 e. The number of halogens is 1. The number of hydrogen-bond acceptors (Lipinski definition) is 2. The summed E-state index contributed by atoms with van der Waals surface area (Å²) in [5.74, 6) is 0.175. The minimum absolute atomic E-state index is 0.0693. The van der Waals surface area contributed by atoms with Gasteiger partial charge in [-0.15, -0.1) is 0 Å². The Labute approximate surface area is 102 Å². The van der Waals surface area contributed by atoms with Crippen molar-refractivity contribution in [2.24, 2.45) is 5.92 Å². The number of anilines is 1. The first-order chi connectivity index (χ1) is 8.22. The maximum Gasteiger partial charge on any atom is 0.146 e. The van der Waals surface area contributed by atoms with Crippen LogP contribution >= 0.6 is 0 Å². The molecule has 0 heterocycles. The Bertz CT molecular complexity index is 382. The average Bonchev–Trinajstić information content (AvgIpc) is 2.75. The van der Waals surface area contributed by atoms with Gasteiger partial charge in [0.05, 0.1) is 17.8 Å². The van der Waals surface area contributed by atoms with Gasteiger partial charge in [0.2, 0.25) is 0 Å². The lowest BCUT2D eigenvalue weighted by Crippen LogP contribution is -2.45. The zero-order valence-electron chi connectivity index (χ0n) is 10.2. The van der Waals surface area contributed by atoms with Gasteiger partial charge in [-0.2, -0.15) is 0 Å². The number of nitrogens with one attached hydrogen (secondary N) is 1. The molecule has 3 heteroatoms. The highest BCUT2D eigenvalue weighted by molar-refractivity contribution is 5.47. The Morgan fingerprint density at radius 1 is 1.47 bits per heavy atom. The van der Waals surface area contributed by atoms with Crippen molar-refractivity contribution in [3.8, 4) is 0 Å². The molecule has 2 nitrogen and oxygen atoms in total. The Kier molecular flexibility index (Phi) is 3.67. The van der Waals surface area contributed by atoms with E-state index in [9.17, 15) is 9.50 Å². The molecule has 17 heavy (non-hydrogen) atoms. The Morgan fingerprint density at radius 2 is 2.24 bits per heavy atom. The predicted molar refractivity (Wildman–Crippen MR) is 67.5 cm³/mol.